The van der Waals surface area contributed by atoms with Crippen LogP contribution >= 0.6 is 12.4 Å². The van der Waals surface area contributed by atoms with Gasteiger partial charge in [-0.25, -0.2) is 0 Å². The second-order valence-corrected chi connectivity index (χ2v) is 4.61. The summed E-state index contributed by atoms with van der Waals surface area (Å²) in [6, 6.07) is 7.40. The van der Waals surface area contributed by atoms with Crippen LogP contribution in [0.4, 0.5) is 11.4 Å². The molecule has 1 heterocycles. The van der Waals surface area contributed by atoms with Crippen LogP contribution in [0.15, 0.2) is 24.3 Å². The monoisotopic (exact) mass is 297 g/mol. The Morgan fingerprint density at radius 2 is 2.10 bits per heavy atom. The Morgan fingerprint density at radius 1 is 1.35 bits per heavy atom. The quantitative estimate of drug-likeness (QED) is 0.872. The van der Waals surface area contributed by atoms with Crippen molar-refractivity contribution in [2.24, 2.45) is 5.73 Å². The molecule has 0 radical (unpaired) electrons. The summed E-state index contributed by atoms with van der Waals surface area (Å²) < 4.78 is 0. The molecule has 0 aromatic heterocycles. The van der Waals surface area contributed by atoms with Crippen molar-refractivity contribution in [3.8, 4) is 0 Å². The van der Waals surface area contributed by atoms with Crippen LogP contribution in [0.1, 0.15) is 25.7 Å². The van der Waals surface area contributed by atoms with Gasteiger partial charge in [-0.15, -0.1) is 12.4 Å². The van der Waals surface area contributed by atoms with Crippen molar-refractivity contribution in [3.05, 3.63) is 24.3 Å². The van der Waals surface area contributed by atoms with Crippen molar-refractivity contribution in [2.45, 2.75) is 25.7 Å². The predicted octanol–water partition coefficient (Wildman–Crippen LogP) is 1.91. The van der Waals surface area contributed by atoms with Gasteiger partial charge in [0, 0.05) is 19.4 Å². The van der Waals surface area contributed by atoms with Crippen LogP contribution in [0.25, 0.3) is 0 Å². The van der Waals surface area contributed by atoms with Crippen LogP contribution in [0.5, 0.6) is 0 Å². The number of amides is 2. The van der Waals surface area contributed by atoms with Gasteiger partial charge in [0.25, 0.3) is 0 Å². The van der Waals surface area contributed by atoms with Gasteiger partial charge in [-0.3, -0.25) is 9.59 Å². The molecule has 0 atom stereocenters. The number of nitrogens with zero attached hydrogens (tertiary/aromatic N) is 1. The summed E-state index contributed by atoms with van der Waals surface area (Å²) in [5, 5.41) is 2.85. The van der Waals surface area contributed by atoms with Crippen LogP contribution in [0.2, 0.25) is 0 Å². The number of anilines is 2. The van der Waals surface area contributed by atoms with E-state index in [1.54, 1.807) is 4.90 Å². The molecule has 110 valence electrons. The van der Waals surface area contributed by atoms with Gasteiger partial charge in [-0.05, 0) is 31.5 Å². The van der Waals surface area contributed by atoms with E-state index in [0.717, 1.165) is 12.1 Å². The number of carbonyl (C=O) groups is 2. The third-order valence-electron chi connectivity index (χ3n) is 3.15. The fraction of sp³-hybridized carbons (Fsp3) is 0.429. The number of benzene rings is 1. The molecule has 0 saturated carbocycles. The molecule has 1 aliphatic heterocycles. The Morgan fingerprint density at radius 3 is 2.75 bits per heavy atom. The molecule has 1 saturated heterocycles. The molecule has 0 unspecified atom stereocenters. The molecule has 1 fully saturated rings. The fourth-order valence-corrected chi connectivity index (χ4v) is 2.19. The molecule has 2 rings (SSSR count). The molecular formula is C14H20ClN3O2. The summed E-state index contributed by atoms with van der Waals surface area (Å²) in [6.45, 7) is 1.22. The lowest BCUT2D eigenvalue weighted by molar-refractivity contribution is -0.117. The highest BCUT2D eigenvalue weighted by Crippen LogP contribution is 2.29. The SMILES string of the molecule is Cl.NCCCC(=O)Nc1ccccc1N1CCCC1=O. The second kappa shape index (κ2) is 7.87. The Labute approximate surface area is 124 Å². The molecule has 1 aromatic carbocycles. The van der Waals surface area contributed by atoms with E-state index in [4.69, 9.17) is 5.73 Å². The number of carbonyl (C=O) groups excluding carboxylic acids is 2. The van der Waals surface area contributed by atoms with E-state index >= 15 is 0 Å². The van der Waals surface area contributed by atoms with Gasteiger partial charge >= 0.3 is 0 Å². The first-order valence-corrected chi connectivity index (χ1v) is 6.61. The normalized spacial score (nSPS) is 14.1. The van der Waals surface area contributed by atoms with Crippen molar-refractivity contribution in [2.75, 3.05) is 23.3 Å². The maximum atomic E-state index is 11.8. The highest BCUT2D eigenvalue weighted by atomic mass is 35.5. The maximum Gasteiger partial charge on any atom is 0.227 e. The zero-order valence-corrected chi connectivity index (χ0v) is 12.1. The molecule has 20 heavy (non-hydrogen) atoms. The molecule has 5 nitrogen and oxygen atoms in total. The molecule has 1 aliphatic rings. The number of rotatable bonds is 5. The van der Waals surface area contributed by atoms with Crippen molar-refractivity contribution < 1.29 is 9.59 Å². The number of nitrogens with two attached hydrogens (primary N) is 1. The van der Waals surface area contributed by atoms with Crippen LogP contribution < -0.4 is 16.0 Å². The van der Waals surface area contributed by atoms with E-state index in [9.17, 15) is 9.59 Å². The van der Waals surface area contributed by atoms with E-state index in [1.165, 1.54) is 0 Å². The Bertz CT molecular complexity index is 479. The van der Waals surface area contributed by atoms with Gasteiger partial charge in [0.1, 0.15) is 0 Å². The van der Waals surface area contributed by atoms with Crippen molar-refractivity contribution in [1.29, 1.82) is 0 Å². The zero-order chi connectivity index (χ0) is 13.7. The summed E-state index contributed by atoms with van der Waals surface area (Å²) in [7, 11) is 0. The Balaban J connectivity index is 0.00000200. The average Bonchev–Trinajstić information content (AvgIpc) is 2.83. The smallest absolute Gasteiger partial charge is 0.227 e. The molecular weight excluding hydrogens is 278 g/mol. The predicted molar refractivity (Wildman–Crippen MR) is 82.2 cm³/mol. The number of hydrogen-bond donors (Lipinski definition) is 2. The summed E-state index contributed by atoms with van der Waals surface area (Å²) in [5.74, 6) is 0.0493. The number of nitrogens with one attached hydrogen (secondary N) is 1. The van der Waals surface area contributed by atoms with E-state index in [1.807, 2.05) is 24.3 Å². The first kappa shape index (κ1) is 16.5. The van der Waals surface area contributed by atoms with Crippen LogP contribution in [-0.2, 0) is 9.59 Å². The highest BCUT2D eigenvalue weighted by Gasteiger charge is 2.23. The summed E-state index contributed by atoms with van der Waals surface area (Å²) >= 11 is 0. The maximum absolute atomic E-state index is 11.8. The van der Waals surface area contributed by atoms with Gasteiger partial charge < -0.3 is 16.0 Å². The van der Waals surface area contributed by atoms with Crippen molar-refractivity contribution in [3.63, 3.8) is 0 Å². The van der Waals surface area contributed by atoms with Gasteiger partial charge in [-0.2, -0.15) is 0 Å². The van der Waals surface area contributed by atoms with Gasteiger partial charge in [0.15, 0.2) is 0 Å². The minimum atomic E-state index is -0.0652. The lowest BCUT2D eigenvalue weighted by Gasteiger charge is -2.19. The number of para-hydroxylation sites is 2. The van der Waals surface area contributed by atoms with Crippen molar-refractivity contribution in [1.82, 2.24) is 0 Å². The van der Waals surface area contributed by atoms with Gasteiger partial charge in [0.2, 0.25) is 11.8 Å². The lowest BCUT2D eigenvalue weighted by atomic mass is 10.2. The zero-order valence-electron chi connectivity index (χ0n) is 11.3. The largest absolute Gasteiger partial charge is 0.330 e. The average molecular weight is 298 g/mol. The molecule has 0 spiro atoms. The first-order valence-electron chi connectivity index (χ1n) is 6.61. The summed E-state index contributed by atoms with van der Waals surface area (Å²) in [6.07, 6.45) is 2.51. The number of hydrogen-bond acceptors (Lipinski definition) is 3. The highest BCUT2D eigenvalue weighted by molar-refractivity contribution is 6.02. The van der Waals surface area contributed by atoms with E-state index in [-0.39, 0.29) is 24.2 Å². The van der Waals surface area contributed by atoms with Gasteiger partial charge in [-0.1, -0.05) is 12.1 Å². The van der Waals surface area contributed by atoms with Crippen molar-refractivity contribution >= 4 is 35.6 Å². The topological polar surface area (TPSA) is 75.4 Å². The number of halogens is 1. The third kappa shape index (κ3) is 3.95. The molecule has 1 aromatic rings. The van der Waals surface area contributed by atoms with E-state index in [0.29, 0.717) is 38.0 Å². The molecule has 3 N–H and O–H groups in total. The minimum Gasteiger partial charge on any atom is -0.330 e. The summed E-state index contributed by atoms with van der Waals surface area (Å²) in [5.41, 5.74) is 6.86. The van der Waals surface area contributed by atoms with Gasteiger partial charge in [0.05, 0.1) is 11.4 Å². The standard InChI is InChI=1S/C14H19N3O2.ClH/c15-9-3-7-13(18)16-11-5-1-2-6-12(11)17-10-4-8-14(17)19;/h1-2,5-6H,3-4,7-10,15H2,(H,16,18);1H. The van der Waals surface area contributed by atoms with Crippen LogP contribution in [0.3, 0.4) is 0 Å². The van der Waals surface area contributed by atoms with Crippen LogP contribution in [0, 0.1) is 0 Å². The third-order valence-corrected chi connectivity index (χ3v) is 3.15. The molecule has 0 aliphatic carbocycles. The minimum absolute atomic E-state index is 0. The molecule has 2 amide bonds. The van der Waals surface area contributed by atoms with Crippen LogP contribution in [-0.4, -0.2) is 24.9 Å². The lowest BCUT2D eigenvalue weighted by Crippen LogP contribution is -2.25. The molecule has 0 bridgehead atoms. The Hall–Kier alpha value is -1.59. The second-order valence-electron chi connectivity index (χ2n) is 4.61. The Kier molecular flexibility index (Phi) is 6.48. The summed E-state index contributed by atoms with van der Waals surface area (Å²) in [4.78, 5) is 25.3. The van der Waals surface area contributed by atoms with E-state index < -0.39 is 0 Å². The fourth-order valence-electron chi connectivity index (χ4n) is 2.19. The molecule has 6 heteroatoms. The first-order chi connectivity index (χ1) is 9.22. The van der Waals surface area contributed by atoms with E-state index in [2.05, 4.69) is 5.32 Å².